The Balaban J connectivity index is 1.54. The normalized spacial score (nSPS) is 21.1. The summed E-state index contributed by atoms with van der Waals surface area (Å²) in [4.78, 5) is 57.4. The molecular weight excluding hydrogens is 560 g/mol. The second-order valence-corrected chi connectivity index (χ2v) is 13.4. The molecule has 4 rings (SSSR count). The van der Waals surface area contributed by atoms with Crippen molar-refractivity contribution in [1.29, 1.82) is 0 Å². The lowest BCUT2D eigenvalue weighted by molar-refractivity contribution is -0.146. The second kappa shape index (κ2) is 13.3. The van der Waals surface area contributed by atoms with Crippen LogP contribution >= 0.6 is 0 Å². The average Bonchev–Trinajstić information content (AvgIpc) is 3.20. The molecule has 1 spiro atoms. The van der Waals surface area contributed by atoms with E-state index in [1.165, 1.54) is 0 Å². The zero-order valence-electron chi connectivity index (χ0n) is 26.7. The fourth-order valence-corrected chi connectivity index (χ4v) is 6.14. The molecule has 2 fully saturated rings. The first-order valence-electron chi connectivity index (χ1n) is 15.3. The van der Waals surface area contributed by atoms with E-state index >= 15 is 0 Å². The van der Waals surface area contributed by atoms with E-state index in [0.717, 1.165) is 5.56 Å². The fourth-order valence-electron chi connectivity index (χ4n) is 6.14. The minimum atomic E-state index is -1.37. The molecule has 4 amide bonds. The van der Waals surface area contributed by atoms with E-state index in [1.54, 1.807) is 44.4 Å². The van der Waals surface area contributed by atoms with E-state index in [9.17, 15) is 19.2 Å². The monoisotopic (exact) mass is 606 g/mol. The SMILES string of the molecule is CN1C[C@@H](c2ccccc2)[C@@]2(CCCN(C(=O)C(CCOc3ccccc3)NC(=O)C(C)(C)NC(=O)OC(C)(C)C)C2)C1=O. The number of benzene rings is 2. The van der Waals surface area contributed by atoms with Crippen LogP contribution in [0.5, 0.6) is 5.75 Å². The van der Waals surface area contributed by atoms with Crippen LogP contribution < -0.4 is 15.4 Å². The van der Waals surface area contributed by atoms with Gasteiger partial charge >= 0.3 is 6.09 Å². The number of nitrogens with zero attached hydrogens (tertiary/aromatic N) is 2. The smallest absolute Gasteiger partial charge is 0.408 e. The number of para-hydroxylation sites is 1. The van der Waals surface area contributed by atoms with Gasteiger partial charge in [0.15, 0.2) is 0 Å². The molecule has 2 N–H and O–H groups in total. The van der Waals surface area contributed by atoms with E-state index in [1.807, 2.05) is 67.7 Å². The van der Waals surface area contributed by atoms with Gasteiger partial charge in [0.25, 0.3) is 0 Å². The van der Waals surface area contributed by atoms with Gasteiger partial charge in [-0.25, -0.2) is 4.79 Å². The Labute approximate surface area is 260 Å². The van der Waals surface area contributed by atoms with Crippen LogP contribution in [0.15, 0.2) is 60.7 Å². The second-order valence-electron chi connectivity index (χ2n) is 13.4. The van der Waals surface area contributed by atoms with Crippen molar-refractivity contribution in [2.75, 3.05) is 33.3 Å². The van der Waals surface area contributed by atoms with Crippen LogP contribution in [0.3, 0.4) is 0 Å². The molecule has 0 aromatic heterocycles. The van der Waals surface area contributed by atoms with Crippen molar-refractivity contribution in [1.82, 2.24) is 20.4 Å². The van der Waals surface area contributed by atoms with Gasteiger partial charge < -0.3 is 29.9 Å². The zero-order valence-corrected chi connectivity index (χ0v) is 26.7. The summed E-state index contributed by atoms with van der Waals surface area (Å²) in [5, 5.41) is 5.49. The van der Waals surface area contributed by atoms with E-state index in [-0.39, 0.29) is 37.3 Å². The third kappa shape index (κ3) is 7.70. The number of carbonyl (C=O) groups is 4. The maximum Gasteiger partial charge on any atom is 0.408 e. The number of likely N-dealkylation sites (tertiary alicyclic amines) is 2. The van der Waals surface area contributed by atoms with Gasteiger partial charge in [0.1, 0.15) is 22.9 Å². The largest absolute Gasteiger partial charge is 0.494 e. The quantitative estimate of drug-likeness (QED) is 0.444. The summed E-state index contributed by atoms with van der Waals surface area (Å²) < 4.78 is 11.2. The molecule has 2 aliphatic heterocycles. The molecule has 0 aliphatic carbocycles. The summed E-state index contributed by atoms with van der Waals surface area (Å²) in [7, 11) is 1.82. The van der Waals surface area contributed by atoms with Gasteiger partial charge in [0.05, 0.1) is 12.0 Å². The molecule has 0 saturated carbocycles. The van der Waals surface area contributed by atoms with Gasteiger partial charge in [0, 0.05) is 39.0 Å². The minimum Gasteiger partial charge on any atom is -0.494 e. The lowest BCUT2D eigenvalue weighted by Gasteiger charge is -2.43. The van der Waals surface area contributed by atoms with E-state index in [0.29, 0.717) is 31.7 Å². The molecule has 2 saturated heterocycles. The highest BCUT2D eigenvalue weighted by Gasteiger charge is 2.56. The summed E-state index contributed by atoms with van der Waals surface area (Å²) >= 11 is 0. The van der Waals surface area contributed by atoms with Gasteiger partial charge in [-0.2, -0.15) is 0 Å². The Morgan fingerprint density at radius 1 is 1.00 bits per heavy atom. The Hall–Kier alpha value is -4.08. The maximum absolute atomic E-state index is 14.2. The average molecular weight is 607 g/mol. The van der Waals surface area contributed by atoms with Gasteiger partial charge in [-0.15, -0.1) is 0 Å². The molecule has 238 valence electrons. The molecule has 2 aliphatic rings. The van der Waals surface area contributed by atoms with Crippen LogP contribution in [0.4, 0.5) is 4.79 Å². The van der Waals surface area contributed by atoms with Crippen molar-refractivity contribution in [2.24, 2.45) is 5.41 Å². The number of carbonyl (C=O) groups excluding carboxylic acids is 4. The molecule has 2 heterocycles. The number of ether oxygens (including phenoxy) is 2. The molecule has 10 heteroatoms. The Morgan fingerprint density at radius 2 is 1.64 bits per heavy atom. The lowest BCUT2D eigenvalue weighted by atomic mass is 9.69. The van der Waals surface area contributed by atoms with Gasteiger partial charge in [-0.05, 0) is 65.2 Å². The zero-order chi connectivity index (χ0) is 32.1. The van der Waals surface area contributed by atoms with Crippen LogP contribution in [0.2, 0.25) is 0 Å². The summed E-state index contributed by atoms with van der Waals surface area (Å²) in [6.45, 7) is 9.83. The lowest BCUT2D eigenvalue weighted by Crippen LogP contribution is -2.61. The van der Waals surface area contributed by atoms with Crippen LogP contribution in [-0.4, -0.2) is 84.1 Å². The van der Waals surface area contributed by atoms with Crippen molar-refractivity contribution < 1.29 is 28.7 Å². The summed E-state index contributed by atoms with van der Waals surface area (Å²) in [6.07, 6.45) is 0.811. The fraction of sp³-hybridized carbons (Fsp3) is 0.529. The minimum absolute atomic E-state index is 0.0412. The van der Waals surface area contributed by atoms with Crippen molar-refractivity contribution in [3.8, 4) is 5.75 Å². The summed E-state index contributed by atoms with van der Waals surface area (Å²) in [5.74, 6) is -0.176. The number of rotatable bonds is 9. The molecule has 0 radical (unpaired) electrons. The third-order valence-corrected chi connectivity index (χ3v) is 8.34. The Kier molecular flexibility index (Phi) is 9.91. The topological polar surface area (TPSA) is 117 Å². The van der Waals surface area contributed by atoms with Crippen LogP contribution in [-0.2, 0) is 19.1 Å². The van der Waals surface area contributed by atoms with Crippen LogP contribution in [0, 0.1) is 5.41 Å². The van der Waals surface area contributed by atoms with E-state index in [4.69, 9.17) is 9.47 Å². The summed E-state index contributed by atoms with van der Waals surface area (Å²) in [6, 6.07) is 18.3. The maximum atomic E-state index is 14.2. The highest BCUT2D eigenvalue weighted by atomic mass is 16.6. The van der Waals surface area contributed by atoms with Crippen molar-refractivity contribution in [3.63, 3.8) is 0 Å². The molecule has 44 heavy (non-hydrogen) atoms. The standard InChI is InChI=1S/C34H46N4O6/c1-32(2,3)44-31(42)36-33(4,5)29(40)35-27(18-21-43-25-16-11-8-12-17-25)28(39)38-20-13-19-34(23-38)26(22-37(6)30(34)41)24-14-9-7-10-15-24/h7-12,14-17,26-27H,13,18-23H2,1-6H3,(H,35,40)(H,36,42)/t26-,27?,34-/m0/s1. The molecule has 0 bridgehead atoms. The van der Waals surface area contributed by atoms with Gasteiger partial charge in [-0.1, -0.05) is 48.5 Å². The first-order valence-corrected chi connectivity index (χ1v) is 15.3. The Morgan fingerprint density at radius 3 is 2.27 bits per heavy atom. The van der Waals surface area contributed by atoms with Crippen molar-refractivity contribution in [3.05, 3.63) is 66.2 Å². The molecule has 10 nitrogen and oxygen atoms in total. The molecule has 1 unspecified atom stereocenters. The number of nitrogens with one attached hydrogen (secondary N) is 2. The van der Waals surface area contributed by atoms with Crippen molar-refractivity contribution in [2.45, 2.75) is 77.0 Å². The number of amides is 4. The first-order chi connectivity index (χ1) is 20.7. The number of hydrogen-bond donors (Lipinski definition) is 2. The van der Waals surface area contributed by atoms with Crippen molar-refractivity contribution >= 4 is 23.8 Å². The summed E-state index contributed by atoms with van der Waals surface area (Å²) in [5.41, 5.74) is -1.77. The molecule has 2 aromatic rings. The first kappa shape index (κ1) is 32.8. The third-order valence-electron chi connectivity index (χ3n) is 8.34. The van der Waals surface area contributed by atoms with E-state index in [2.05, 4.69) is 10.6 Å². The Bertz CT molecular complexity index is 1330. The number of alkyl carbamates (subject to hydrolysis) is 1. The van der Waals surface area contributed by atoms with Gasteiger partial charge in [0.2, 0.25) is 17.7 Å². The molecule has 3 atom stereocenters. The van der Waals surface area contributed by atoms with Crippen LogP contribution in [0.1, 0.15) is 65.4 Å². The predicted octanol–water partition coefficient (Wildman–Crippen LogP) is 4.11. The number of hydrogen-bond acceptors (Lipinski definition) is 6. The number of likely N-dealkylation sites (N-methyl/N-ethyl adjacent to an activating group) is 1. The highest BCUT2D eigenvalue weighted by Crippen LogP contribution is 2.49. The molecular formula is C34H46N4O6. The highest BCUT2D eigenvalue weighted by molar-refractivity contribution is 5.94. The van der Waals surface area contributed by atoms with Gasteiger partial charge in [-0.3, -0.25) is 14.4 Å². The van der Waals surface area contributed by atoms with Crippen LogP contribution in [0.25, 0.3) is 0 Å². The predicted molar refractivity (Wildman–Crippen MR) is 167 cm³/mol. The van der Waals surface area contributed by atoms with E-state index < -0.39 is 34.6 Å². The molecule has 2 aromatic carbocycles. The number of piperidine rings is 1.